The summed E-state index contributed by atoms with van der Waals surface area (Å²) >= 11 is 0. The number of aromatic nitrogens is 4. The fourth-order valence-electron chi connectivity index (χ4n) is 2.51. The summed E-state index contributed by atoms with van der Waals surface area (Å²) in [7, 11) is 1.93. The van der Waals surface area contributed by atoms with Crippen molar-refractivity contribution in [3.8, 4) is 0 Å². The molecule has 104 valence electrons. The van der Waals surface area contributed by atoms with Gasteiger partial charge in [-0.3, -0.25) is 4.68 Å². The number of hydrogen-bond acceptors (Lipinski definition) is 3. The van der Waals surface area contributed by atoms with Crippen molar-refractivity contribution in [3.05, 3.63) is 42.0 Å². The van der Waals surface area contributed by atoms with Gasteiger partial charge < -0.3 is 10.3 Å². The lowest BCUT2D eigenvalue weighted by Crippen LogP contribution is -2.06. The van der Waals surface area contributed by atoms with Crippen LogP contribution in [0.25, 0.3) is 11.0 Å². The minimum atomic E-state index is 0.361. The Labute approximate surface area is 118 Å². The van der Waals surface area contributed by atoms with Gasteiger partial charge in [0.25, 0.3) is 0 Å². The van der Waals surface area contributed by atoms with Gasteiger partial charge in [0.15, 0.2) is 0 Å². The summed E-state index contributed by atoms with van der Waals surface area (Å²) in [6.07, 6.45) is 3.93. The van der Waals surface area contributed by atoms with Crippen LogP contribution in [0.5, 0.6) is 0 Å². The van der Waals surface area contributed by atoms with Crippen molar-refractivity contribution in [2.45, 2.75) is 26.3 Å². The Kier molecular flexibility index (Phi) is 2.97. The Morgan fingerprint density at radius 1 is 1.30 bits per heavy atom. The molecule has 0 aliphatic rings. The summed E-state index contributed by atoms with van der Waals surface area (Å²) in [6.45, 7) is 5.09. The molecule has 0 saturated heterocycles. The number of nitrogens with zero attached hydrogens (tertiary/aromatic N) is 4. The topological polar surface area (TPSA) is 61.7 Å². The van der Waals surface area contributed by atoms with Crippen LogP contribution in [0.2, 0.25) is 0 Å². The molecule has 5 heteroatoms. The lowest BCUT2D eigenvalue weighted by atomic mass is 10.2. The zero-order valence-corrected chi connectivity index (χ0v) is 12.0. The summed E-state index contributed by atoms with van der Waals surface area (Å²) in [5.41, 5.74) is 9.85. The molecule has 20 heavy (non-hydrogen) atoms. The molecule has 0 fully saturated rings. The van der Waals surface area contributed by atoms with Gasteiger partial charge in [-0.25, -0.2) is 4.98 Å². The van der Waals surface area contributed by atoms with Gasteiger partial charge in [-0.15, -0.1) is 0 Å². The van der Waals surface area contributed by atoms with Gasteiger partial charge in [0.05, 0.1) is 23.8 Å². The number of fused-ring (bicyclic) bond motifs is 1. The van der Waals surface area contributed by atoms with Crippen LogP contribution in [0.1, 0.15) is 31.2 Å². The molecule has 3 rings (SSSR count). The van der Waals surface area contributed by atoms with Gasteiger partial charge in [0, 0.05) is 30.4 Å². The quantitative estimate of drug-likeness (QED) is 0.743. The zero-order valence-electron chi connectivity index (χ0n) is 12.0. The van der Waals surface area contributed by atoms with E-state index in [1.807, 2.05) is 42.3 Å². The normalized spacial score (nSPS) is 11.6. The number of anilines is 1. The lowest BCUT2D eigenvalue weighted by Gasteiger charge is -2.10. The average Bonchev–Trinajstić information content (AvgIpc) is 2.94. The first-order chi connectivity index (χ1) is 9.54. The van der Waals surface area contributed by atoms with E-state index in [0.717, 1.165) is 29.1 Å². The van der Waals surface area contributed by atoms with Gasteiger partial charge in [-0.05, 0) is 18.2 Å². The molecule has 0 spiro atoms. The van der Waals surface area contributed by atoms with E-state index < -0.39 is 0 Å². The fourth-order valence-corrected chi connectivity index (χ4v) is 2.51. The number of nitrogen functional groups attached to an aromatic ring is 1. The van der Waals surface area contributed by atoms with Crippen molar-refractivity contribution in [1.29, 1.82) is 0 Å². The van der Waals surface area contributed by atoms with E-state index in [0.29, 0.717) is 5.92 Å². The standard InChI is InChI=1S/C15H19N5/c1-10(2)15-18-13-6-12(16)4-5-14(13)20(15)9-11-7-17-19(3)8-11/h4-8,10H,9,16H2,1-3H3. The van der Waals surface area contributed by atoms with Gasteiger partial charge in [-0.2, -0.15) is 5.10 Å². The number of hydrogen-bond donors (Lipinski definition) is 1. The van der Waals surface area contributed by atoms with Crippen molar-refractivity contribution in [2.24, 2.45) is 7.05 Å². The highest BCUT2D eigenvalue weighted by Gasteiger charge is 2.14. The smallest absolute Gasteiger partial charge is 0.112 e. The maximum Gasteiger partial charge on any atom is 0.112 e. The van der Waals surface area contributed by atoms with E-state index in [-0.39, 0.29) is 0 Å². The molecule has 2 N–H and O–H groups in total. The molecule has 0 aliphatic heterocycles. The fraction of sp³-hybridized carbons (Fsp3) is 0.333. The molecule has 2 heterocycles. The van der Waals surface area contributed by atoms with E-state index in [2.05, 4.69) is 23.5 Å². The van der Waals surface area contributed by atoms with Crippen molar-refractivity contribution in [3.63, 3.8) is 0 Å². The summed E-state index contributed by atoms with van der Waals surface area (Å²) in [5.74, 6) is 1.44. The molecule has 0 saturated carbocycles. The van der Waals surface area contributed by atoms with E-state index >= 15 is 0 Å². The Morgan fingerprint density at radius 2 is 2.10 bits per heavy atom. The third-order valence-electron chi connectivity index (χ3n) is 3.42. The van der Waals surface area contributed by atoms with Crippen LogP contribution in [-0.4, -0.2) is 19.3 Å². The van der Waals surface area contributed by atoms with Gasteiger partial charge >= 0.3 is 0 Å². The minimum Gasteiger partial charge on any atom is -0.399 e. The highest BCUT2D eigenvalue weighted by atomic mass is 15.2. The average molecular weight is 269 g/mol. The highest BCUT2D eigenvalue weighted by Crippen LogP contribution is 2.24. The second kappa shape index (κ2) is 4.67. The summed E-state index contributed by atoms with van der Waals surface area (Å²) in [4.78, 5) is 4.73. The molecule has 1 aromatic carbocycles. The second-order valence-electron chi connectivity index (χ2n) is 5.48. The molecule has 0 bridgehead atoms. The predicted octanol–water partition coefficient (Wildman–Crippen LogP) is 2.52. The van der Waals surface area contributed by atoms with Crippen molar-refractivity contribution in [2.75, 3.05) is 5.73 Å². The third kappa shape index (κ3) is 2.15. The Bertz CT molecular complexity index is 751. The van der Waals surface area contributed by atoms with Crippen LogP contribution in [0.4, 0.5) is 5.69 Å². The molecule has 0 aliphatic carbocycles. The molecule has 0 atom stereocenters. The van der Waals surface area contributed by atoms with Crippen LogP contribution >= 0.6 is 0 Å². The maximum absolute atomic E-state index is 5.85. The van der Waals surface area contributed by atoms with E-state index in [1.54, 1.807) is 0 Å². The number of benzene rings is 1. The monoisotopic (exact) mass is 269 g/mol. The molecule has 0 amide bonds. The Balaban J connectivity index is 2.13. The summed E-state index contributed by atoms with van der Waals surface area (Å²) in [5, 5.41) is 4.23. The first kappa shape index (κ1) is 12.7. The van der Waals surface area contributed by atoms with Gasteiger partial charge in [0.2, 0.25) is 0 Å². The summed E-state index contributed by atoms with van der Waals surface area (Å²) in [6, 6.07) is 5.90. The number of aryl methyl sites for hydroxylation is 1. The van der Waals surface area contributed by atoms with Crippen LogP contribution < -0.4 is 5.73 Å². The largest absolute Gasteiger partial charge is 0.399 e. The van der Waals surface area contributed by atoms with Crippen molar-refractivity contribution in [1.82, 2.24) is 19.3 Å². The van der Waals surface area contributed by atoms with Gasteiger partial charge in [-0.1, -0.05) is 13.8 Å². The third-order valence-corrected chi connectivity index (χ3v) is 3.42. The molecular weight excluding hydrogens is 250 g/mol. The van der Waals surface area contributed by atoms with Crippen LogP contribution in [-0.2, 0) is 13.6 Å². The van der Waals surface area contributed by atoms with Crippen molar-refractivity contribution >= 4 is 16.7 Å². The summed E-state index contributed by atoms with van der Waals surface area (Å²) < 4.78 is 4.07. The van der Waals surface area contributed by atoms with Crippen LogP contribution in [0, 0.1) is 0 Å². The Morgan fingerprint density at radius 3 is 2.75 bits per heavy atom. The van der Waals surface area contributed by atoms with Crippen LogP contribution in [0.15, 0.2) is 30.6 Å². The molecule has 3 aromatic rings. The zero-order chi connectivity index (χ0) is 14.3. The van der Waals surface area contributed by atoms with E-state index in [1.165, 1.54) is 5.56 Å². The lowest BCUT2D eigenvalue weighted by molar-refractivity contribution is 0.682. The molecule has 0 radical (unpaired) electrons. The Hall–Kier alpha value is -2.30. The number of imidazole rings is 1. The molecule has 5 nitrogen and oxygen atoms in total. The first-order valence-electron chi connectivity index (χ1n) is 6.78. The molecule has 0 unspecified atom stereocenters. The number of nitrogens with two attached hydrogens (primary N) is 1. The van der Waals surface area contributed by atoms with Gasteiger partial charge in [0.1, 0.15) is 5.82 Å². The molecular formula is C15H19N5. The predicted molar refractivity (Wildman–Crippen MR) is 80.5 cm³/mol. The van der Waals surface area contributed by atoms with E-state index in [4.69, 9.17) is 10.7 Å². The second-order valence-corrected chi connectivity index (χ2v) is 5.48. The maximum atomic E-state index is 5.85. The van der Waals surface area contributed by atoms with E-state index in [9.17, 15) is 0 Å². The molecule has 2 aromatic heterocycles. The van der Waals surface area contributed by atoms with Crippen molar-refractivity contribution < 1.29 is 0 Å². The van der Waals surface area contributed by atoms with Crippen LogP contribution in [0.3, 0.4) is 0 Å². The SMILES string of the molecule is CC(C)c1nc2cc(N)ccc2n1Cc1cnn(C)c1. The first-order valence-corrected chi connectivity index (χ1v) is 6.78. The number of rotatable bonds is 3. The highest BCUT2D eigenvalue weighted by molar-refractivity contribution is 5.79. The minimum absolute atomic E-state index is 0.361.